The Morgan fingerprint density at radius 2 is 1.56 bits per heavy atom. The van der Waals surface area contributed by atoms with E-state index in [1.807, 2.05) is 42.6 Å². The Morgan fingerprint density at radius 1 is 0.833 bits per heavy atom. The molecule has 3 aromatic carbocycles. The molecule has 1 atom stereocenters. The molecule has 0 saturated carbocycles. The van der Waals surface area contributed by atoms with Crippen LogP contribution in [-0.4, -0.2) is 15.5 Å². The van der Waals surface area contributed by atoms with Gasteiger partial charge in [-0.3, -0.25) is 9.78 Å². The third-order valence-electron chi connectivity index (χ3n) is 6.37. The van der Waals surface area contributed by atoms with Gasteiger partial charge >= 0.3 is 0 Å². The zero-order valence-electron chi connectivity index (χ0n) is 19.6. The predicted octanol–water partition coefficient (Wildman–Crippen LogP) is 6.20. The number of hydrogen-bond acceptors (Lipinski definition) is 2. The van der Waals surface area contributed by atoms with Crippen LogP contribution in [0.5, 0.6) is 0 Å². The second-order valence-corrected chi connectivity index (χ2v) is 8.77. The first-order valence-corrected chi connectivity index (χ1v) is 11.8. The van der Waals surface area contributed by atoms with Crippen LogP contribution in [0.1, 0.15) is 34.6 Å². The number of benzene rings is 3. The molecular formula is C30H25F2N3O. The molecule has 4 nitrogen and oxygen atoms in total. The van der Waals surface area contributed by atoms with Crippen molar-refractivity contribution in [2.24, 2.45) is 0 Å². The van der Waals surface area contributed by atoms with Crippen molar-refractivity contribution in [1.29, 1.82) is 0 Å². The summed E-state index contributed by atoms with van der Waals surface area (Å²) in [5.41, 5.74) is 4.20. The summed E-state index contributed by atoms with van der Waals surface area (Å²) in [6.45, 7) is 0.899. The molecule has 2 heterocycles. The highest BCUT2D eigenvalue weighted by atomic mass is 19.1. The van der Waals surface area contributed by atoms with Crippen LogP contribution in [0.25, 0.3) is 10.9 Å². The first-order valence-electron chi connectivity index (χ1n) is 11.8. The van der Waals surface area contributed by atoms with Crippen LogP contribution in [0.15, 0.2) is 104 Å². The first-order chi connectivity index (χ1) is 17.6. The molecule has 6 heteroatoms. The van der Waals surface area contributed by atoms with Gasteiger partial charge in [0.05, 0.1) is 0 Å². The van der Waals surface area contributed by atoms with Crippen LogP contribution >= 0.6 is 0 Å². The Kier molecular flexibility index (Phi) is 6.85. The number of pyridine rings is 1. The fraction of sp³-hybridized carbons (Fsp3) is 0.133. The Bertz CT molecular complexity index is 1480. The molecule has 1 N–H and O–H groups in total. The number of carbonyl (C=O) groups excluding carboxylic acids is 1. The van der Waals surface area contributed by atoms with Crippen molar-refractivity contribution in [3.05, 3.63) is 137 Å². The van der Waals surface area contributed by atoms with E-state index in [-0.39, 0.29) is 24.0 Å². The number of carbonyl (C=O) groups is 1. The highest BCUT2D eigenvalue weighted by molar-refractivity contribution is 5.86. The highest BCUT2D eigenvalue weighted by Gasteiger charge is 2.25. The number of amides is 1. The number of fused-ring (bicyclic) bond motifs is 1. The van der Waals surface area contributed by atoms with Gasteiger partial charge in [0, 0.05) is 54.9 Å². The zero-order valence-corrected chi connectivity index (χ0v) is 19.6. The molecule has 2 aromatic heterocycles. The summed E-state index contributed by atoms with van der Waals surface area (Å²) in [5, 5.41) is 3.91. The van der Waals surface area contributed by atoms with Crippen molar-refractivity contribution >= 4 is 16.8 Å². The van der Waals surface area contributed by atoms with Gasteiger partial charge in [0.15, 0.2) is 0 Å². The quantitative estimate of drug-likeness (QED) is 0.287. The SMILES string of the molecule is O=C(C[C@@H](c1ccccc1F)c1cn(Cc2ccc(F)cc2)c2ccccc12)NCc1ccncc1. The molecule has 0 unspecified atom stereocenters. The van der Waals surface area contributed by atoms with Gasteiger partial charge in [-0.05, 0) is 58.7 Å². The average Bonchev–Trinajstić information content (AvgIpc) is 3.26. The minimum absolute atomic E-state index is 0.0938. The molecule has 0 aliphatic carbocycles. The van der Waals surface area contributed by atoms with Crippen LogP contribution in [0.4, 0.5) is 8.78 Å². The standard InChI is InChI=1S/C30H25F2N3O/c31-23-11-9-22(10-12-23)19-35-20-27(25-6-2-4-8-29(25)35)26(24-5-1-3-7-28(24)32)17-30(36)34-18-21-13-15-33-16-14-21/h1-16,20,26H,17-19H2,(H,34,36)/t26-/m0/s1. The molecular weight excluding hydrogens is 456 g/mol. The minimum Gasteiger partial charge on any atom is -0.352 e. The third kappa shape index (κ3) is 5.18. The minimum atomic E-state index is -0.483. The number of aromatic nitrogens is 2. The Hall–Kier alpha value is -4.32. The van der Waals surface area contributed by atoms with Gasteiger partial charge in [-0.2, -0.15) is 0 Å². The molecule has 1 amide bonds. The lowest BCUT2D eigenvalue weighted by atomic mass is 9.87. The fourth-order valence-corrected chi connectivity index (χ4v) is 4.57. The predicted molar refractivity (Wildman–Crippen MR) is 136 cm³/mol. The van der Waals surface area contributed by atoms with Gasteiger partial charge in [-0.25, -0.2) is 8.78 Å². The van der Waals surface area contributed by atoms with Crippen LogP contribution in [-0.2, 0) is 17.9 Å². The number of nitrogens with zero attached hydrogens (tertiary/aromatic N) is 2. The summed E-state index contributed by atoms with van der Waals surface area (Å²) in [6.07, 6.45) is 5.44. The molecule has 0 fully saturated rings. The van der Waals surface area contributed by atoms with E-state index in [1.54, 1.807) is 42.7 Å². The van der Waals surface area contributed by atoms with E-state index in [0.29, 0.717) is 18.7 Å². The van der Waals surface area contributed by atoms with E-state index >= 15 is 4.39 Å². The largest absolute Gasteiger partial charge is 0.352 e. The molecule has 0 aliphatic heterocycles. The Morgan fingerprint density at radius 3 is 2.33 bits per heavy atom. The summed E-state index contributed by atoms with van der Waals surface area (Å²) >= 11 is 0. The van der Waals surface area contributed by atoms with Crippen LogP contribution in [0.3, 0.4) is 0 Å². The van der Waals surface area contributed by atoms with Crippen molar-refractivity contribution in [3.8, 4) is 0 Å². The van der Waals surface area contributed by atoms with E-state index in [0.717, 1.165) is 27.6 Å². The fourth-order valence-electron chi connectivity index (χ4n) is 4.57. The van der Waals surface area contributed by atoms with Crippen molar-refractivity contribution in [1.82, 2.24) is 14.9 Å². The molecule has 0 spiro atoms. The molecule has 180 valence electrons. The van der Waals surface area contributed by atoms with Crippen molar-refractivity contribution < 1.29 is 13.6 Å². The van der Waals surface area contributed by atoms with Gasteiger partial charge in [0.2, 0.25) is 5.91 Å². The zero-order chi connectivity index (χ0) is 24.9. The average molecular weight is 482 g/mol. The van der Waals surface area contributed by atoms with Crippen LogP contribution < -0.4 is 5.32 Å². The number of hydrogen-bond donors (Lipinski definition) is 1. The van der Waals surface area contributed by atoms with Crippen molar-refractivity contribution in [3.63, 3.8) is 0 Å². The van der Waals surface area contributed by atoms with Crippen molar-refractivity contribution in [2.45, 2.75) is 25.4 Å². The summed E-state index contributed by atoms with van der Waals surface area (Å²) in [4.78, 5) is 17.1. The van der Waals surface area contributed by atoms with E-state index in [2.05, 4.69) is 14.9 Å². The Labute approximate surface area is 208 Å². The molecule has 5 aromatic rings. The maximum absolute atomic E-state index is 15.0. The van der Waals surface area contributed by atoms with Gasteiger partial charge in [-0.15, -0.1) is 0 Å². The third-order valence-corrected chi connectivity index (χ3v) is 6.37. The van der Waals surface area contributed by atoms with Gasteiger partial charge in [-0.1, -0.05) is 48.5 Å². The van der Waals surface area contributed by atoms with Crippen molar-refractivity contribution in [2.75, 3.05) is 0 Å². The lowest BCUT2D eigenvalue weighted by Crippen LogP contribution is -2.25. The smallest absolute Gasteiger partial charge is 0.221 e. The van der Waals surface area contributed by atoms with Crippen LogP contribution in [0.2, 0.25) is 0 Å². The van der Waals surface area contributed by atoms with Crippen LogP contribution in [0, 0.1) is 11.6 Å². The monoisotopic (exact) mass is 481 g/mol. The maximum Gasteiger partial charge on any atom is 0.221 e. The van der Waals surface area contributed by atoms with Gasteiger partial charge in [0.25, 0.3) is 0 Å². The number of nitrogens with one attached hydrogen (secondary N) is 1. The van der Waals surface area contributed by atoms with E-state index in [4.69, 9.17) is 0 Å². The molecule has 0 bridgehead atoms. The summed E-state index contributed by atoms with van der Waals surface area (Å²) in [5.74, 6) is -1.28. The van der Waals surface area contributed by atoms with E-state index < -0.39 is 5.92 Å². The molecule has 5 rings (SSSR count). The van der Waals surface area contributed by atoms with E-state index in [1.165, 1.54) is 18.2 Å². The Balaban J connectivity index is 1.50. The molecule has 0 saturated heterocycles. The maximum atomic E-state index is 15.0. The van der Waals surface area contributed by atoms with Gasteiger partial charge in [0.1, 0.15) is 11.6 Å². The lowest BCUT2D eigenvalue weighted by Gasteiger charge is -2.18. The molecule has 0 radical (unpaired) electrons. The van der Waals surface area contributed by atoms with E-state index in [9.17, 15) is 9.18 Å². The summed E-state index contributed by atoms with van der Waals surface area (Å²) in [7, 11) is 0. The number of para-hydroxylation sites is 1. The second kappa shape index (κ2) is 10.5. The highest BCUT2D eigenvalue weighted by Crippen LogP contribution is 2.36. The molecule has 0 aliphatic rings. The lowest BCUT2D eigenvalue weighted by molar-refractivity contribution is -0.121. The second-order valence-electron chi connectivity index (χ2n) is 8.77. The topological polar surface area (TPSA) is 46.9 Å². The van der Waals surface area contributed by atoms with Gasteiger partial charge < -0.3 is 9.88 Å². The first kappa shape index (κ1) is 23.4. The summed E-state index contributed by atoms with van der Waals surface area (Å²) < 4.78 is 30.5. The number of halogens is 2. The summed E-state index contributed by atoms with van der Waals surface area (Å²) in [6, 6.07) is 24.6. The normalized spacial score (nSPS) is 11.9. The number of rotatable bonds is 8. The molecule has 36 heavy (non-hydrogen) atoms.